The molecule has 258 valence electrons. The van der Waals surface area contributed by atoms with Crippen molar-refractivity contribution in [1.82, 2.24) is 0 Å². The van der Waals surface area contributed by atoms with Crippen LogP contribution in [-0.2, 0) is 12.8 Å². The van der Waals surface area contributed by atoms with E-state index < -0.39 is 34.1 Å². The summed E-state index contributed by atoms with van der Waals surface area (Å²) in [5, 5.41) is 42.6. The molecule has 0 bridgehead atoms. The van der Waals surface area contributed by atoms with Gasteiger partial charge in [0.1, 0.15) is 16.8 Å². The van der Waals surface area contributed by atoms with Gasteiger partial charge in [0.25, 0.3) is 0 Å². The summed E-state index contributed by atoms with van der Waals surface area (Å²) < 4.78 is 0. The molecule has 0 radical (unpaired) electrons. The van der Waals surface area contributed by atoms with Gasteiger partial charge in [-0.3, -0.25) is 14.4 Å². The second-order valence-electron chi connectivity index (χ2n) is 15.0. The van der Waals surface area contributed by atoms with E-state index in [2.05, 4.69) is 0 Å². The highest BCUT2D eigenvalue weighted by Gasteiger charge is 2.39. The van der Waals surface area contributed by atoms with Crippen LogP contribution in [0.3, 0.4) is 0 Å². The molecule has 2 atom stereocenters. The summed E-state index contributed by atoms with van der Waals surface area (Å²) >= 11 is 0. The normalized spacial score (nSPS) is 14.2. The SMILES string of the molecule is CC(C)(O)C(=O)c1ccc(Cc2ccc(C(=O)C(C)(O)CC(c3ccc(Cc4ccc(C(=O)C(C)(C)O)cc4)cc3)C(C)(C)O)cc2)cc1. The summed E-state index contributed by atoms with van der Waals surface area (Å²) in [6, 6.07) is 29.0. The molecular formula is C42H48O7. The van der Waals surface area contributed by atoms with Gasteiger partial charge in [-0.15, -0.1) is 0 Å². The first-order valence-corrected chi connectivity index (χ1v) is 16.5. The Hall–Kier alpha value is -4.27. The maximum absolute atomic E-state index is 13.6. The van der Waals surface area contributed by atoms with Gasteiger partial charge in [0.15, 0.2) is 17.3 Å². The van der Waals surface area contributed by atoms with Crippen molar-refractivity contribution in [3.63, 3.8) is 0 Å². The third-order valence-corrected chi connectivity index (χ3v) is 8.90. The molecule has 7 nitrogen and oxygen atoms in total. The summed E-state index contributed by atoms with van der Waals surface area (Å²) in [4.78, 5) is 38.2. The Kier molecular flexibility index (Phi) is 11.0. The maximum atomic E-state index is 13.6. The summed E-state index contributed by atoms with van der Waals surface area (Å²) in [7, 11) is 0. The number of hydrogen-bond donors (Lipinski definition) is 4. The molecule has 0 aromatic heterocycles. The molecule has 0 spiro atoms. The summed E-state index contributed by atoms with van der Waals surface area (Å²) in [5.41, 5.74) is 0.0982. The number of rotatable bonds is 14. The van der Waals surface area contributed by atoms with Gasteiger partial charge in [-0.1, -0.05) is 97.1 Å². The highest BCUT2D eigenvalue weighted by Crippen LogP contribution is 2.37. The third kappa shape index (κ3) is 9.67. The summed E-state index contributed by atoms with van der Waals surface area (Å²) in [6.45, 7) is 10.7. The predicted octanol–water partition coefficient (Wildman–Crippen LogP) is 6.65. The minimum Gasteiger partial charge on any atom is -0.390 e. The molecule has 4 N–H and O–H groups in total. The van der Waals surface area contributed by atoms with Crippen molar-refractivity contribution in [2.45, 2.75) is 96.1 Å². The van der Waals surface area contributed by atoms with E-state index in [9.17, 15) is 34.8 Å². The van der Waals surface area contributed by atoms with Gasteiger partial charge in [0.05, 0.1) is 5.60 Å². The van der Waals surface area contributed by atoms with Gasteiger partial charge in [-0.2, -0.15) is 0 Å². The zero-order valence-electron chi connectivity index (χ0n) is 29.4. The van der Waals surface area contributed by atoms with Crippen LogP contribution in [0.5, 0.6) is 0 Å². The maximum Gasteiger partial charge on any atom is 0.194 e. The largest absolute Gasteiger partial charge is 0.390 e. The van der Waals surface area contributed by atoms with E-state index >= 15 is 0 Å². The monoisotopic (exact) mass is 664 g/mol. The van der Waals surface area contributed by atoms with E-state index in [1.165, 1.54) is 34.6 Å². The second-order valence-corrected chi connectivity index (χ2v) is 15.0. The highest BCUT2D eigenvalue weighted by atomic mass is 16.3. The third-order valence-electron chi connectivity index (χ3n) is 8.90. The minimum absolute atomic E-state index is 0.00282. The number of hydrogen-bond acceptors (Lipinski definition) is 7. The Morgan fingerprint density at radius 2 is 0.755 bits per heavy atom. The lowest BCUT2D eigenvalue weighted by molar-refractivity contribution is -0.00306. The molecule has 0 heterocycles. The molecule has 0 saturated heterocycles. The molecule has 4 aromatic rings. The van der Waals surface area contributed by atoms with Gasteiger partial charge in [-0.25, -0.2) is 0 Å². The first kappa shape index (κ1) is 37.5. The lowest BCUT2D eigenvalue weighted by Crippen LogP contribution is -2.41. The fourth-order valence-electron chi connectivity index (χ4n) is 5.94. The average Bonchev–Trinajstić information content (AvgIpc) is 3.03. The Labute approximate surface area is 289 Å². The van der Waals surface area contributed by atoms with Gasteiger partial charge >= 0.3 is 0 Å². The molecule has 4 aromatic carbocycles. The zero-order valence-corrected chi connectivity index (χ0v) is 29.4. The molecular weight excluding hydrogens is 616 g/mol. The number of Topliss-reactive ketones (excluding diaryl/α,β-unsaturated/α-hetero) is 3. The predicted molar refractivity (Wildman–Crippen MR) is 191 cm³/mol. The minimum atomic E-state index is -1.75. The lowest BCUT2D eigenvalue weighted by Gasteiger charge is -2.35. The Morgan fingerprint density at radius 3 is 1.04 bits per heavy atom. The van der Waals surface area contributed by atoms with Gasteiger partial charge < -0.3 is 20.4 Å². The molecule has 4 rings (SSSR count). The van der Waals surface area contributed by atoms with Crippen LogP contribution in [0.15, 0.2) is 97.1 Å². The van der Waals surface area contributed by atoms with Crippen LogP contribution in [0, 0.1) is 0 Å². The summed E-state index contributed by atoms with van der Waals surface area (Å²) in [6.07, 6.45) is 1.19. The van der Waals surface area contributed by atoms with Crippen LogP contribution in [0.2, 0.25) is 0 Å². The summed E-state index contributed by atoms with van der Waals surface area (Å²) in [5.74, 6) is -1.67. The van der Waals surface area contributed by atoms with Crippen LogP contribution < -0.4 is 0 Å². The van der Waals surface area contributed by atoms with Crippen molar-refractivity contribution in [3.05, 3.63) is 142 Å². The molecule has 49 heavy (non-hydrogen) atoms. The molecule has 0 aliphatic carbocycles. The van der Waals surface area contributed by atoms with Gasteiger partial charge in [-0.05, 0) is 95.5 Å². The van der Waals surface area contributed by atoms with Crippen LogP contribution in [0.4, 0.5) is 0 Å². The molecule has 0 aliphatic rings. The highest BCUT2D eigenvalue weighted by molar-refractivity contribution is 6.03. The Morgan fingerprint density at radius 1 is 0.469 bits per heavy atom. The van der Waals surface area contributed by atoms with Crippen molar-refractivity contribution >= 4 is 17.3 Å². The van der Waals surface area contributed by atoms with Crippen LogP contribution >= 0.6 is 0 Å². The fourth-order valence-corrected chi connectivity index (χ4v) is 5.94. The van der Waals surface area contributed by atoms with E-state index in [0.29, 0.717) is 29.5 Å². The van der Waals surface area contributed by atoms with Crippen molar-refractivity contribution in [1.29, 1.82) is 0 Å². The van der Waals surface area contributed by atoms with Crippen molar-refractivity contribution in [3.8, 4) is 0 Å². The van der Waals surface area contributed by atoms with Gasteiger partial charge in [0.2, 0.25) is 0 Å². The topological polar surface area (TPSA) is 132 Å². The number of carbonyl (C=O) groups is 3. The molecule has 7 heteroatoms. The molecule has 0 saturated carbocycles. The van der Waals surface area contributed by atoms with E-state index in [1.54, 1.807) is 50.2 Å². The zero-order chi connectivity index (χ0) is 36.4. The van der Waals surface area contributed by atoms with E-state index in [-0.39, 0.29) is 18.0 Å². The number of ketones is 3. The van der Waals surface area contributed by atoms with E-state index in [4.69, 9.17) is 0 Å². The van der Waals surface area contributed by atoms with Crippen LogP contribution in [-0.4, -0.2) is 60.2 Å². The number of carbonyl (C=O) groups excluding carboxylic acids is 3. The number of benzene rings is 4. The smallest absolute Gasteiger partial charge is 0.194 e. The van der Waals surface area contributed by atoms with Crippen LogP contribution in [0.25, 0.3) is 0 Å². The van der Waals surface area contributed by atoms with Crippen molar-refractivity contribution in [2.75, 3.05) is 0 Å². The average molecular weight is 665 g/mol. The molecule has 0 amide bonds. The molecule has 0 aliphatic heterocycles. The molecule has 2 unspecified atom stereocenters. The van der Waals surface area contributed by atoms with Crippen molar-refractivity contribution in [2.24, 2.45) is 0 Å². The van der Waals surface area contributed by atoms with E-state index in [1.807, 2.05) is 60.7 Å². The first-order chi connectivity index (χ1) is 22.6. The second kappa shape index (κ2) is 14.3. The first-order valence-electron chi connectivity index (χ1n) is 16.5. The van der Waals surface area contributed by atoms with Crippen LogP contribution in [0.1, 0.15) is 120 Å². The Balaban J connectivity index is 1.43. The standard InChI is InChI=1S/C42H48O7/c1-39(2,46)35(31-16-8-27(9-17-31)24-28-10-18-32(19-11-28)36(43)40(3,4)47)26-42(7,49)38(45)34-22-14-30(15-23-34)25-29-12-20-33(21-13-29)37(44)41(5,6)48/h8-23,35,46-49H,24-26H2,1-7H3. The molecule has 0 fully saturated rings. The number of aliphatic hydroxyl groups is 4. The van der Waals surface area contributed by atoms with Gasteiger partial charge in [0, 0.05) is 22.6 Å². The van der Waals surface area contributed by atoms with E-state index in [0.717, 1.165) is 27.8 Å². The lowest BCUT2D eigenvalue weighted by atomic mass is 9.75. The quantitative estimate of drug-likeness (QED) is 0.111. The van der Waals surface area contributed by atoms with Crippen molar-refractivity contribution < 1.29 is 34.8 Å². The Bertz CT molecular complexity index is 1760. The fraction of sp³-hybridized carbons (Fsp3) is 0.357.